The number of carbonyl (C=O) groups excluding carboxylic acids is 1. The second-order valence-electron chi connectivity index (χ2n) is 8.38. The molecule has 200 valence electrons. The van der Waals surface area contributed by atoms with Crippen LogP contribution in [-0.4, -0.2) is 38.5 Å². The number of aromatic nitrogens is 1. The molecule has 4 rings (SSSR count). The van der Waals surface area contributed by atoms with Crippen LogP contribution in [0.4, 0.5) is 0 Å². The van der Waals surface area contributed by atoms with Crippen molar-refractivity contribution in [2.24, 2.45) is 4.99 Å². The standard InChI is InChI=1S/C28H29ClN2O6S/c1-6-9-19-23(27(33)37-7-2)24(18-15-17(29)12-13-20(18)34-3)31-26(32)22(38-28(31)30-19)14-16-10-8-11-21(35-4)25(16)36-5/h8,10-15,24H,6-7,9H2,1-5H3/b22-14+/t24-/m1/s1. The summed E-state index contributed by atoms with van der Waals surface area (Å²) in [5.41, 5.74) is 1.80. The van der Waals surface area contributed by atoms with Gasteiger partial charge in [-0.1, -0.05) is 48.4 Å². The van der Waals surface area contributed by atoms with Gasteiger partial charge in [-0.25, -0.2) is 9.79 Å². The second kappa shape index (κ2) is 11.9. The predicted octanol–water partition coefficient (Wildman–Crippen LogP) is 4.26. The minimum Gasteiger partial charge on any atom is -0.496 e. The molecule has 2 aromatic carbocycles. The monoisotopic (exact) mass is 556 g/mol. The van der Waals surface area contributed by atoms with Gasteiger partial charge in [-0.15, -0.1) is 0 Å². The summed E-state index contributed by atoms with van der Waals surface area (Å²) in [5, 5.41) is 0.446. The molecule has 0 amide bonds. The number of rotatable bonds is 9. The van der Waals surface area contributed by atoms with E-state index in [1.54, 1.807) is 51.5 Å². The van der Waals surface area contributed by atoms with Crippen molar-refractivity contribution in [3.63, 3.8) is 0 Å². The molecule has 1 aliphatic rings. The van der Waals surface area contributed by atoms with Gasteiger partial charge in [-0.2, -0.15) is 0 Å². The first kappa shape index (κ1) is 27.5. The Morgan fingerprint density at radius 2 is 1.87 bits per heavy atom. The highest BCUT2D eigenvalue weighted by molar-refractivity contribution is 7.07. The van der Waals surface area contributed by atoms with Gasteiger partial charge in [0.2, 0.25) is 0 Å². The van der Waals surface area contributed by atoms with Crippen LogP contribution in [0, 0.1) is 0 Å². The first-order valence-electron chi connectivity index (χ1n) is 12.1. The molecule has 1 atom stereocenters. The number of methoxy groups -OCH3 is 3. The summed E-state index contributed by atoms with van der Waals surface area (Å²) in [4.78, 5) is 32.6. The highest BCUT2D eigenvalue weighted by Gasteiger charge is 2.36. The molecule has 0 aliphatic carbocycles. The van der Waals surface area contributed by atoms with Crippen molar-refractivity contribution < 1.29 is 23.7 Å². The number of ether oxygens (including phenoxy) is 4. The van der Waals surface area contributed by atoms with Crippen molar-refractivity contribution in [1.82, 2.24) is 4.57 Å². The van der Waals surface area contributed by atoms with Crippen molar-refractivity contribution in [3.8, 4) is 17.2 Å². The van der Waals surface area contributed by atoms with Crippen molar-refractivity contribution >= 4 is 35.0 Å². The van der Waals surface area contributed by atoms with Crippen LogP contribution in [0.25, 0.3) is 6.08 Å². The lowest BCUT2D eigenvalue weighted by Gasteiger charge is -2.27. The summed E-state index contributed by atoms with van der Waals surface area (Å²) in [6.07, 6.45) is 3.02. The fourth-order valence-electron chi connectivity index (χ4n) is 4.50. The molecule has 3 aromatic rings. The van der Waals surface area contributed by atoms with Gasteiger partial charge in [0.15, 0.2) is 16.3 Å². The zero-order valence-electron chi connectivity index (χ0n) is 21.9. The molecular weight excluding hydrogens is 528 g/mol. The maximum atomic E-state index is 14.0. The van der Waals surface area contributed by atoms with E-state index in [0.29, 0.717) is 60.4 Å². The average molecular weight is 557 g/mol. The van der Waals surface area contributed by atoms with E-state index < -0.39 is 12.0 Å². The fourth-order valence-corrected chi connectivity index (χ4v) is 5.69. The van der Waals surface area contributed by atoms with Gasteiger partial charge in [0, 0.05) is 16.1 Å². The number of hydrogen-bond donors (Lipinski definition) is 0. The molecule has 0 spiro atoms. The molecule has 10 heteroatoms. The number of esters is 1. The first-order chi connectivity index (χ1) is 18.4. The third-order valence-corrected chi connectivity index (χ3v) is 7.32. The van der Waals surface area contributed by atoms with Crippen LogP contribution >= 0.6 is 22.9 Å². The van der Waals surface area contributed by atoms with Crippen LogP contribution in [0.2, 0.25) is 5.02 Å². The number of allylic oxidation sites excluding steroid dienone is 1. The Morgan fingerprint density at radius 1 is 1.11 bits per heavy atom. The van der Waals surface area contributed by atoms with Crippen LogP contribution in [0.1, 0.15) is 43.9 Å². The number of thiazole rings is 1. The molecule has 8 nitrogen and oxygen atoms in total. The number of halogens is 1. The maximum Gasteiger partial charge on any atom is 0.338 e. The molecule has 38 heavy (non-hydrogen) atoms. The molecule has 0 unspecified atom stereocenters. The van der Waals surface area contributed by atoms with Crippen LogP contribution in [0.5, 0.6) is 17.2 Å². The lowest BCUT2D eigenvalue weighted by Crippen LogP contribution is -2.40. The number of carbonyl (C=O) groups is 1. The molecule has 1 aliphatic heterocycles. The molecule has 0 bridgehead atoms. The lowest BCUT2D eigenvalue weighted by molar-refractivity contribution is -0.139. The Balaban J connectivity index is 2.06. The van der Waals surface area contributed by atoms with Crippen LogP contribution in [0.3, 0.4) is 0 Å². The molecule has 0 N–H and O–H groups in total. The molecule has 1 aromatic heterocycles. The zero-order chi connectivity index (χ0) is 27.4. The molecule has 0 radical (unpaired) electrons. The number of para-hydroxylation sites is 1. The zero-order valence-corrected chi connectivity index (χ0v) is 23.4. The maximum absolute atomic E-state index is 14.0. The summed E-state index contributed by atoms with van der Waals surface area (Å²) in [5.74, 6) is 1.01. The summed E-state index contributed by atoms with van der Waals surface area (Å²) in [6, 6.07) is 9.73. The Hall–Kier alpha value is -3.56. The number of hydrogen-bond acceptors (Lipinski definition) is 8. The third kappa shape index (κ3) is 5.08. The summed E-state index contributed by atoms with van der Waals surface area (Å²) < 4.78 is 24.0. The molecule has 0 fully saturated rings. The summed E-state index contributed by atoms with van der Waals surface area (Å²) in [6.45, 7) is 3.93. The minimum atomic E-state index is -0.838. The molecule has 2 heterocycles. The van der Waals surface area contributed by atoms with Gasteiger partial charge in [0.05, 0.1) is 43.7 Å². The van der Waals surface area contributed by atoms with E-state index in [-0.39, 0.29) is 12.2 Å². The average Bonchev–Trinajstić information content (AvgIpc) is 3.22. The third-order valence-electron chi connectivity index (χ3n) is 6.10. The first-order valence-corrected chi connectivity index (χ1v) is 13.3. The van der Waals surface area contributed by atoms with Gasteiger partial charge in [-0.05, 0) is 43.7 Å². The van der Waals surface area contributed by atoms with Crippen LogP contribution in [0.15, 0.2) is 57.5 Å². The van der Waals surface area contributed by atoms with Crippen molar-refractivity contribution in [2.75, 3.05) is 27.9 Å². The second-order valence-corrected chi connectivity index (χ2v) is 9.83. The van der Waals surface area contributed by atoms with E-state index in [4.69, 9.17) is 35.5 Å². The molecular formula is C28H29ClN2O6S. The predicted molar refractivity (Wildman–Crippen MR) is 147 cm³/mol. The Morgan fingerprint density at radius 3 is 2.53 bits per heavy atom. The normalized spacial score (nSPS) is 15.1. The van der Waals surface area contributed by atoms with Crippen molar-refractivity contribution in [2.45, 2.75) is 32.7 Å². The lowest BCUT2D eigenvalue weighted by atomic mass is 9.93. The fraction of sp³-hybridized carbons (Fsp3) is 0.321. The van der Waals surface area contributed by atoms with E-state index in [2.05, 4.69) is 0 Å². The number of nitrogens with zero attached hydrogens (tertiary/aromatic N) is 2. The minimum absolute atomic E-state index is 0.182. The SMILES string of the molecule is CCCC1=C(C(=O)OCC)[C@@H](c2cc(Cl)ccc2OC)n2c(s/c(=C/c3cccc(OC)c3OC)c2=O)=N1. The van der Waals surface area contributed by atoms with Gasteiger partial charge in [0.1, 0.15) is 11.8 Å². The van der Waals surface area contributed by atoms with E-state index in [0.717, 1.165) is 6.42 Å². The van der Waals surface area contributed by atoms with Crippen molar-refractivity contribution in [3.05, 3.63) is 83.5 Å². The Bertz CT molecular complexity index is 1570. The van der Waals surface area contributed by atoms with E-state index in [9.17, 15) is 9.59 Å². The smallest absolute Gasteiger partial charge is 0.338 e. The molecule has 0 saturated heterocycles. The van der Waals surface area contributed by atoms with E-state index >= 15 is 0 Å². The Labute approximate surface area is 229 Å². The van der Waals surface area contributed by atoms with Gasteiger partial charge in [0.25, 0.3) is 5.56 Å². The van der Waals surface area contributed by atoms with E-state index in [1.807, 2.05) is 19.1 Å². The van der Waals surface area contributed by atoms with Gasteiger partial charge < -0.3 is 18.9 Å². The largest absolute Gasteiger partial charge is 0.496 e. The number of benzene rings is 2. The highest BCUT2D eigenvalue weighted by atomic mass is 35.5. The van der Waals surface area contributed by atoms with Crippen LogP contribution in [-0.2, 0) is 9.53 Å². The van der Waals surface area contributed by atoms with Crippen LogP contribution < -0.4 is 29.1 Å². The Kier molecular flexibility index (Phi) is 8.58. The summed E-state index contributed by atoms with van der Waals surface area (Å²) >= 11 is 7.63. The van der Waals surface area contributed by atoms with Gasteiger partial charge >= 0.3 is 5.97 Å². The summed E-state index contributed by atoms with van der Waals surface area (Å²) in [7, 11) is 4.64. The van der Waals surface area contributed by atoms with Gasteiger partial charge in [-0.3, -0.25) is 9.36 Å². The molecule has 0 saturated carbocycles. The number of fused-ring (bicyclic) bond motifs is 1. The quantitative estimate of drug-likeness (QED) is 0.366. The highest BCUT2D eigenvalue weighted by Crippen LogP contribution is 2.38. The topological polar surface area (TPSA) is 88.4 Å². The van der Waals surface area contributed by atoms with E-state index in [1.165, 1.54) is 23.0 Å². The van der Waals surface area contributed by atoms with Crippen molar-refractivity contribution in [1.29, 1.82) is 0 Å².